The van der Waals surface area contributed by atoms with Gasteiger partial charge in [0.2, 0.25) is 0 Å². The number of anilines is 1. The maximum Gasteiger partial charge on any atom is 0.160 e. The number of benzene rings is 1. The second-order valence-electron chi connectivity index (χ2n) is 4.51. The third-order valence-corrected chi connectivity index (χ3v) is 4.11. The SMILES string of the molecule is O=Cc1cc2c(NCCc3ccccc3)ccnc2s1. The molecule has 0 aliphatic rings. The highest BCUT2D eigenvalue weighted by Gasteiger charge is 2.06. The molecule has 0 saturated carbocycles. The zero-order valence-electron chi connectivity index (χ0n) is 10.9. The zero-order valence-corrected chi connectivity index (χ0v) is 11.7. The Balaban J connectivity index is 1.74. The summed E-state index contributed by atoms with van der Waals surface area (Å²) >= 11 is 1.42. The highest BCUT2D eigenvalue weighted by atomic mass is 32.1. The van der Waals surface area contributed by atoms with Crippen LogP contribution in [0.4, 0.5) is 5.69 Å². The molecule has 20 heavy (non-hydrogen) atoms. The topological polar surface area (TPSA) is 42.0 Å². The van der Waals surface area contributed by atoms with Crippen molar-refractivity contribution in [2.75, 3.05) is 11.9 Å². The van der Waals surface area contributed by atoms with Crippen molar-refractivity contribution in [1.29, 1.82) is 0 Å². The molecule has 3 aromatic rings. The van der Waals surface area contributed by atoms with Crippen molar-refractivity contribution in [3.8, 4) is 0 Å². The lowest BCUT2D eigenvalue weighted by Crippen LogP contribution is -2.04. The number of thiophene rings is 1. The Kier molecular flexibility index (Phi) is 3.74. The molecule has 100 valence electrons. The Labute approximate surface area is 121 Å². The van der Waals surface area contributed by atoms with E-state index < -0.39 is 0 Å². The fourth-order valence-electron chi connectivity index (χ4n) is 2.16. The van der Waals surface area contributed by atoms with Gasteiger partial charge in [-0.3, -0.25) is 4.79 Å². The third kappa shape index (κ3) is 2.70. The van der Waals surface area contributed by atoms with Crippen LogP contribution in [0.15, 0.2) is 48.7 Å². The normalized spacial score (nSPS) is 10.6. The van der Waals surface area contributed by atoms with Crippen LogP contribution in [0.2, 0.25) is 0 Å². The lowest BCUT2D eigenvalue weighted by molar-refractivity contribution is 0.112. The van der Waals surface area contributed by atoms with E-state index in [-0.39, 0.29) is 0 Å². The van der Waals surface area contributed by atoms with Crippen molar-refractivity contribution in [3.63, 3.8) is 0 Å². The number of nitrogens with zero attached hydrogens (tertiary/aromatic N) is 1. The first-order valence-electron chi connectivity index (χ1n) is 6.48. The minimum atomic E-state index is 0.713. The van der Waals surface area contributed by atoms with Crippen LogP contribution in [0, 0.1) is 0 Å². The third-order valence-electron chi connectivity index (χ3n) is 3.14. The average molecular weight is 282 g/mol. The number of hydrogen-bond acceptors (Lipinski definition) is 4. The van der Waals surface area contributed by atoms with E-state index in [1.54, 1.807) is 6.20 Å². The zero-order chi connectivity index (χ0) is 13.8. The Morgan fingerprint density at radius 2 is 2.05 bits per heavy atom. The molecule has 0 radical (unpaired) electrons. The van der Waals surface area contributed by atoms with Crippen LogP contribution in [-0.4, -0.2) is 17.8 Å². The highest BCUT2D eigenvalue weighted by Crippen LogP contribution is 2.28. The minimum absolute atomic E-state index is 0.713. The van der Waals surface area contributed by atoms with Crippen LogP contribution in [0.1, 0.15) is 15.2 Å². The quantitative estimate of drug-likeness (QED) is 0.724. The van der Waals surface area contributed by atoms with E-state index in [0.717, 1.165) is 35.2 Å². The van der Waals surface area contributed by atoms with Crippen LogP contribution in [-0.2, 0) is 6.42 Å². The predicted octanol–water partition coefficient (Wildman–Crippen LogP) is 3.76. The van der Waals surface area contributed by atoms with E-state index in [1.807, 2.05) is 18.2 Å². The van der Waals surface area contributed by atoms with Crippen LogP contribution in [0.25, 0.3) is 10.2 Å². The predicted molar refractivity (Wildman–Crippen MR) is 83.6 cm³/mol. The molecule has 0 bridgehead atoms. The van der Waals surface area contributed by atoms with Gasteiger partial charge in [0.1, 0.15) is 4.83 Å². The maximum atomic E-state index is 10.8. The second-order valence-corrected chi connectivity index (χ2v) is 5.57. The highest BCUT2D eigenvalue weighted by molar-refractivity contribution is 7.20. The number of carbonyl (C=O) groups is 1. The number of fused-ring (bicyclic) bond motifs is 1. The van der Waals surface area contributed by atoms with Gasteiger partial charge in [0.25, 0.3) is 0 Å². The van der Waals surface area contributed by atoms with Crippen LogP contribution < -0.4 is 5.32 Å². The molecule has 1 N–H and O–H groups in total. The molecule has 2 heterocycles. The lowest BCUT2D eigenvalue weighted by Gasteiger charge is -2.07. The van der Waals surface area contributed by atoms with Crippen molar-refractivity contribution in [3.05, 3.63) is 59.1 Å². The van der Waals surface area contributed by atoms with E-state index in [1.165, 1.54) is 16.9 Å². The lowest BCUT2D eigenvalue weighted by atomic mass is 10.1. The van der Waals surface area contributed by atoms with Crippen molar-refractivity contribution in [1.82, 2.24) is 4.98 Å². The summed E-state index contributed by atoms with van der Waals surface area (Å²) in [5, 5.41) is 4.45. The molecule has 3 nitrogen and oxygen atoms in total. The molecule has 1 aromatic carbocycles. The van der Waals surface area contributed by atoms with Crippen molar-refractivity contribution in [2.24, 2.45) is 0 Å². The van der Waals surface area contributed by atoms with Gasteiger partial charge in [-0.25, -0.2) is 4.98 Å². The number of rotatable bonds is 5. The van der Waals surface area contributed by atoms with Gasteiger partial charge in [0, 0.05) is 23.8 Å². The maximum absolute atomic E-state index is 10.8. The average Bonchev–Trinajstić information content (AvgIpc) is 2.92. The van der Waals surface area contributed by atoms with Gasteiger partial charge in [0.15, 0.2) is 6.29 Å². The van der Waals surface area contributed by atoms with Gasteiger partial charge in [-0.1, -0.05) is 30.3 Å². The molecule has 3 rings (SSSR count). The summed E-state index contributed by atoms with van der Waals surface area (Å²) in [4.78, 5) is 16.8. The van der Waals surface area contributed by atoms with E-state index in [4.69, 9.17) is 0 Å². The van der Waals surface area contributed by atoms with Crippen molar-refractivity contribution < 1.29 is 4.79 Å². The molecule has 0 spiro atoms. The standard InChI is InChI=1S/C16H14N2OS/c19-11-13-10-14-15(7-9-18-16(14)20-13)17-8-6-12-4-2-1-3-5-12/h1-5,7,9-11H,6,8H2,(H,17,18). The van der Waals surface area contributed by atoms with Crippen LogP contribution in [0.3, 0.4) is 0 Å². The Hall–Kier alpha value is -2.20. The minimum Gasteiger partial charge on any atom is -0.384 e. The first-order chi connectivity index (χ1) is 9.86. The monoisotopic (exact) mass is 282 g/mol. The number of pyridine rings is 1. The molecule has 0 atom stereocenters. The van der Waals surface area contributed by atoms with Gasteiger partial charge < -0.3 is 5.32 Å². The molecule has 0 fully saturated rings. The van der Waals surface area contributed by atoms with E-state index in [2.05, 4.69) is 34.6 Å². The number of aromatic nitrogens is 1. The number of nitrogens with one attached hydrogen (secondary N) is 1. The molecule has 0 aliphatic heterocycles. The van der Waals surface area contributed by atoms with E-state index >= 15 is 0 Å². The Morgan fingerprint density at radius 1 is 1.20 bits per heavy atom. The number of aldehydes is 1. The van der Waals surface area contributed by atoms with Crippen LogP contribution >= 0.6 is 11.3 Å². The summed E-state index contributed by atoms with van der Waals surface area (Å²) in [7, 11) is 0. The summed E-state index contributed by atoms with van der Waals surface area (Å²) < 4.78 is 0. The Morgan fingerprint density at radius 3 is 2.85 bits per heavy atom. The fourth-order valence-corrected chi connectivity index (χ4v) is 3.00. The van der Waals surface area contributed by atoms with Crippen LogP contribution in [0.5, 0.6) is 0 Å². The summed E-state index contributed by atoms with van der Waals surface area (Å²) in [6.07, 6.45) is 3.62. The number of hydrogen-bond donors (Lipinski definition) is 1. The first-order valence-corrected chi connectivity index (χ1v) is 7.30. The summed E-state index contributed by atoms with van der Waals surface area (Å²) in [6.45, 7) is 0.857. The van der Waals surface area contributed by atoms with Crippen molar-refractivity contribution >= 4 is 33.5 Å². The van der Waals surface area contributed by atoms with E-state index in [9.17, 15) is 4.79 Å². The molecular weight excluding hydrogens is 268 g/mol. The van der Waals surface area contributed by atoms with E-state index in [0.29, 0.717) is 4.88 Å². The molecule has 2 aromatic heterocycles. The van der Waals surface area contributed by atoms with Gasteiger partial charge in [0.05, 0.1) is 4.88 Å². The summed E-state index contributed by atoms with van der Waals surface area (Å²) in [5.74, 6) is 0. The van der Waals surface area contributed by atoms with Crippen molar-refractivity contribution in [2.45, 2.75) is 6.42 Å². The second kappa shape index (κ2) is 5.84. The number of carbonyl (C=O) groups excluding carboxylic acids is 1. The molecule has 0 unspecified atom stereocenters. The molecule has 4 heteroatoms. The van der Waals surface area contributed by atoms with Gasteiger partial charge in [-0.15, -0.1) is 11.3 Å². The van der Waals surface area contributed by atoms with Gasteiger partial charge in [-0.2, -0.15) is 0 Å². The molecule has 0 amide bonds. The molecule has 0 aliphatic carbocycles. The fraction of sp³-hybridized carbons (Fsp3) is 0.125. The summed E-state index contributed by atoms with van der Waals surface area (Å²) in [5.41, 5.74) is 2.35. The van der Waals surface area contributed by atoms with Gasteiger partial charge >= 0.3 is 0 Å². The molecule has 0 saturated heterocycles. The van der Waals surface area contributed by atoms with Gasteiger partial charge in [-0.05, 0) is 24.1 Å². The molecular formula is C16H14N2OS. The summed E-state index contributed by atoms with van der Waals surface area (Å²) in [6, 6.07) is 14.2. The Bertz CT molecular complexity index is 722. The first kappa shape index (κ1) is 12.8. The largest absolute Gasteiger partial charge is 0.384 e. The smallest absolute Gasteiger partial charge is 0.160 e.